The SMILES string of the molecule is CC(C)c1cnn2c(NCc3cccnc3N(C)C)cc(NC[C@H]3CCNC[C@@H]3O)nc12. The number of fused-ring (bicyclic) bond motifs is 1. The Morgan fingerprint density at radius 3 is 2.91 bits per heavy atom. The largest absolute Gasteiger partial charge is 0.391 e. The number of rotatable bonds is 8. The average molecular weight is 439 g/mol. The minimum Gasteiger partial charge on any atom is -0.391 e. The molecule has 3 aromatic rings. The van der Waals surface area contributed by atoms with Gasteiger partial charge < -0.3 is 26.0 Å². The Morgan fingerprint density at radius 1 is 1.31 bits per heavy atom. The molecule has 172 valence electrons. The molecule has 32 heavy (non-hydrogen) atoms. The Morgan fingerprint density at radius 2 is 2.16 bits per heavy atom. The predicted molar refractivity (Wildman–Crippen MR) is 128 cm³/mol. The van der Waals surface area contributed by atoms with Gasteiger partial charge in [0.25, 0.3) is 0 Å². The van der Waals surface area contributed by atoms with Gasteiger partial charge in [0.1, 0.15) is 17.5 Å². The van der Waals surface area contributed by atoms with Crippen LogP contribution in [0.3, 0.4) is 0 Å². The van der Waals surface area contributed by atoms with E-state index in [2.05, 4.69) is 45.9 Å². The van der Waals surface area contributed by atoms with E-state index in [1.54, 1.807) is 0 Å². The summed E-state index contributed by atoms with van der Waals surface area (Å²) >= 11 is 0. The van der Waals surface area contributed by atoms with Crippen LogP contribution in [0.1, 0.15) is 37.3 Å². The van der Waals surface area contributed by atoms with Crippen LogP contribution in [-0.2, 0) is 6.54 Å². The van der Waals surface area contributed by atoms with E-state index in [9.17, 15) is 5.11 Å². The van der Waals surface area contributed by atoms with E-state index in [0.717, 1.165) is 47.2 Å². The van der Waals surface area contributed by atoms with Gasteiger partial charge in [-0.25, -0.2) is 9.97 Å². The number of aromatic nitrogens is 4. The lowest BCUT2D eigenvalue weighted by molar-refractivity contribution is 0.0883. The van der Waals surface area contributed by atoms with Crippen molar-refractivity contribution in [3.8, 4) is 0 Å². The molecular formula is C23H34N8O. The molecule has 4 heterocycles. The minimum atomic E-state index is -0.339. The van der Waals surface area contributed by atoms with E-state index in [1.807, 2.05) is 48.0 Å². The lowest BCUT2D eigenvalue weighted by atomic mass is 9.95. The Bertz CT molecular complexity index is 1050. The summed E-state index contributed by atoms with van der Waals surface area (Å²) in [5.41, 5.74) is 3.05. The molecule has 0 aromatic carbocycles. The fourth-order valence-corrected chi connectivity index (χ4v) is 4.13. The van der Waals surface area contributed by atoms with E-state index in [0.29, 0.717) is 25.6 Å². The Labute approximate surface area is 189 Å². The van der Waals surface area contributed by atoms with Crippen molar-refractivity contribution in [2.75, 3.05) is 49.3 Å². The smallest absolute Gasteiger partial charge is 0.163 e. The molecule has 1 aliphatic rings. The topological polar surface area (TPSA) is 103 Å². The highest BCUT2D eigenvalue weighted by atomic mass is 16.3. The summed E-state index contributed by atoms with van der Waals surface area (Å²) in [6, 6.07) is 6.02. The second-order valence-corrected chi connectivity index (χ2v) is 8.95. The summed E-state index contributed by atoms with van der Waals surface area (Å²) in [5, 5.41) is 25.1. The zero-order valence-corrected chi connectivity index (χ0v) is 19.3. The monoisotopic (exact) mass is 438 g/mol. The second-order valence-electron chi connectivity index (χ2n) is 8.95. The van der Waals surface area contributed by atoms with Crippen molar-refractivity contribution in [3.63, 3.8) is 0 Å². The van der Waals surface area contributed by atoms with Crippen molar-refractivity contribution >= 4 is 23.1 Å². The van der Waals surface area contributed by atoms with Crippen LogP contribution in [0, 0.1) is 5.92 Å². The van der Waals surface area contributed by atoms with Crippen LogP contribution >= 0.6 is 0 Å². The van der Waals surface area contributed by atoms with Gasteiger partial charge in [-0.15, -0.1) is 0 Å². The minimum absolute atomic E-state index is 0.207. The zero-order chi connectivity index (χ0) is 22.7. The van der Waals surface area contributed by atoms with Crippen molar-refractivity contribution in [2.24, 2.45) is 5.92 Å². The van der Waals surface area contributed by atoms with E-state index < -0.39 is 0 Å². The maximum absolute atomic E-state index is 10.3. The first-order chi connectivity index (χ1) is 15.4. The van der Waals surface area contributed by atoms with Gasteiger partial charge in [0.15, 0.2) is 5.65 Å². The van der Waals surface area contributed by atoms with E-state index >= 15 is 0 Å². The molecule has 1 saturated heterocycles. The molecule has 4 rings (SSSR count). The van der Waals surface area contributed by atoms with Gasteiger partial charge in [-0.1, -0.05) is 19.9 Å². The third-order valence-electron chi connectivity index (χ3n) is 6.01. The molecule has 3 aromatic heterocycles. The van der Waals surface area contributed by atoms with Crippen LogP contribution in [0.2, 0.25) is 0 Å². The molecule has 1 aliphatic heterocycles. The molecule has 0 saturated carbocycles. The second kappa shape index (κ2) is 9.70. The highest BCUT2D eigenvalue weighted by molar-refractivity contribution is 5.61. The van der Waals surface area contributed by atoms with Gasteiger partial charge in [-0.2, -0.15) is 9.61 Å². The van der Waals surface area contributed by atoms with E-state index in [4.69, 9.17) is 4.98 Å². The molecule has 0 aliphatic carbocycles. The Balaban J connectivity index is 1.60. The first-order valence-corrected chi connectivity index (χ1v) is 11.3. The van der Waals surface area contributed by atoms with Crippen LogP contribution in [0.4, 0.5) is 17.5 Å². The third kappa shape index (κ3) is 4.78. The molecule has 0 spiro atoms. The van der Waals surface area contributed by atoms with E-state index in [1.165, 1.54) is 0 Å². The van der Waals surface area contributed by atoms with Crippen molar-refractivity contribution in [3.05, 3.63) is 41.7 Å². The first kappa shape index (κ1) is 22.3. The normalized spacial score (nSPS) is 18.8. The van der Waals surface area contributed by atoms with Gasteiger partial charge in [-0.05, 0) is 24.9 Å². The molecular weight excluding hydrogens is 404 g/mol. The third-order valence-corrected chi connectivity index (χ3v) is 6.01. The standard InChI is InChI=1S/C23H34N8O/c1-15(2)18-13-28-31-21(27-12-17-6-5-8-25-22(17)30(3)4)10-20(29-23(18)31)26-11-16-7-9-24-14-19(16)32/h5-6,8,10,13,15-16,19,24,27,32H,7,9,11-12,14H2,1-4H3,(H,26,29)/t16-,19+/m1/s1. The number of pyridine rings is 1. The van der Waals surface area contributed by atoms with Gasteiger partial charge >= 0.3 is 0 Å². The summed E-state index contributed by atoms with van der Waals surface area (Å²) < 4.78 is 1.87. The number of anilines is 3. The number of hydrogen-bond donors (Lipinski definition) is 4. The first-order valence-electron chi connectivity index (χ1n) is 11.3. The van der Waals surface area contributed by atoms with Crippen LogP contribution in [0.5, 0.6) is 0 Å². The summed E-state index contributed by atoms with van der Waals surface area (Å²) in [6.07, 6.45) is 4.31. The highest BCUT2D eigenvalue weighted by Gasteiger charge is 2.23. The lowest BCUT2D eigenvalue weighted by Gasteiger charge is -2.28. The van der Waals surface area contributed by atoms with Crippen LogP contribution < -0.4 is 20.9 Å². The molecule has 9 heteroatoms. The number of nitrogens with one attached hydrogen (secondary N) is 3. The number of nitrogens with zero attached hydrogens (tertiary/aromatic N) is 5. The number of piperidine rings is 1. The number of aliphatic hydroxyl groups is 1. The Kier molecular flexibility index (Phi) is 6.76. The van der Waals surface area contributed by atoms with Crippen LogP contribution in [-0.4, -0.2) is 64.5 Å². The van der Waals surface area contributed by atoms with Gasteiger partial charge in [0.2, 0.25) is 0 Å². The maximum atomic E-state index is 10.3. The van der Waals surface area contributed by atoms with Crippen molar-refractivity contribution < 1.29 is 5.11 Å². The van der Waals surface area contributed by atoms with Gasteiger partial charge in [-0.3, -0.25) is 0 Å². The maximum Gasteiger partial charge on any atom is 0.163 e. The van der Waals surface area contributed by atoms with Gasteiger partial charge in [0, 0.05) is 63.0 Å². The fraction of sp³-hybridized carbons (Fsp3) is 0.522. The molecule has 0 unspecified atom stereocenters. The number of β-amino-alcohol motifs (C(OH)–C–C–N with tert-alkyl or cyclic N) is 1. The van der Waals surface area contributed by atoms with E-state index in [-0.39, 0.29) is 12.0 Å². The number of hydrogen-bond acceptors (Lipinski definition) is 8. The Hall–Kier alpha value is -2.91. The zero-order valence-electron chi connectivity index (χ0n) is 19.3. The molecule has 0 radical (unpaired) electrons. The van der Waals surface area contributed by atoms with Crippen molar-refractivity contribution in [1.29, 1.82) is 0 Å². The summed E-state index contributed by atoms with van der Waals surface area (Å²) in [4.78, 5) is 11.4. The molecule has 0 bridgehead atoms. The quantitative estimate of drug-likeness (QED) is 0.425. The summed E-state index contributed by atoms with van der Waals surface area (Å²) in [5.74, 6) is 3.11. The predicted octanol–water partition coefficient (Wildman–Crippen LogP) is 2.31. The van der Waals surface area contributed by atoms with Crippen molar-refractivity contribution in [2.45, 2.75) is 38.8 Å². The van der Waals surface area contributed by atoms with Gasteiger partial charge in [0.05, 0.1) is 12.3 Å². The molecule has 9 nitrogen and oxygen atoms in total. The molecule has 0 amide bonds. The highest BCUT2D eigenvalue weighted by Crippen LogP contribution is 2.25. The van der Waals surface area contributed by atoms with Crippen molar-refractivity contribution in [1.82, 2.24) is 24.9 Å². The lowest BCUT2D eigenvalue weighted by Crippen LogP contribution is -2.43. The molecule has 2 atom stereocenters. The number of aliphatic hydroxyl groups excluding tert-OH is 1. The molecule has 1 fully saturated rings. The van der Waals surface area contributed by atoms with Crippen LogP contribution in [0.25, 0.3) is 5.65 Å². The van der Waals surface area contributed by atoms with Crippen LogP contribution in [0.15, 0.2) is 30.6 Å². The fourth-order valence-electron chi connectivity index (χ4n) is 4.13. The average Bonchev–Trinajstić information content (AvgIpc) is 3.21. The summed E-state index contributed by atoms with van der Waals surface area (Å²) in [7, 11) is 3.99. The molecule has 4 N–H and O–H groups in total. The summed E-state index contributed by atoms with van der Waals surface area (Å²) in [6.45, 7) is 7.17.